The topological polar surface area (TPSA) is 67.6 Å². The molecule has 2 rings (SSSR count). The predicted molar refractivity (Wildman–Crippen MR) is 53.5 cm³/mol. The second-order valence-electron chi connectivity index (χ2n) is 2.68. The molecule has 2 aromatic rings. The fourth-order valence-electron chi connectivity index (χ4n) is 1.15. The molecule has 0 aliphatic carbocycles. The molecule has 0 amide bonds. The first-order chi connectivity index (χ1) is 6.31. The number of thiophene rings is 1. The zero-order valence-corrected chi connectivity index (χ0v) is 8.06. The van der Waals surface area contributed by atoms with Gasteiger partial charge in [0.15, 0.2) is 5.82 Å². The predicted octanol–water partition coefficient (Wildman–Crippen LogP) is 1.68. The van der Waals surface area contributed by atoms with Gasteiger partial charge in [0.05, 0.1) is 10.6 Å². The standard InChI is InChI=1S/C8H10N4S/c1-2-5-3-6(7(9)13-5)8-10-4-11-12-8/h3-4H,2,9H2,1H3,(H,10,11,12). The van der Waals surface area contributed by atoms with Crippen LogP contribution in [0, 0.1) is 0 Å². The van der Waals surface area contributed by atoms with Gasteiger partial charge in [-0.3, -0.25) is 5.10 Å². The van der Waals surface area contributed by atoms with Gasteiger partial charge < -0.3 is 5.73 Å². The average Bonchev–Trinajstić information content (AvgIpc) is 2.72. The zero-order chi connectivity index (χ0) is 9.26. The highest BCUT2D eigenvalue weighted by Gasteiger charge is 2.09. The molecule has 0 radical (unpaired) electrons. The fraction of sp³-hybridized carbons (Fsp3) is 0.250. The van der Waals surface area contributed by atoms with Gasteiger partial charge in [-0.1, -0.05) is 6.92 Å². The van der Waals surface area contributed by atoms with Gasteiger partial charge in [0.1, 0.15) is 6.33 Å². The van der Waals surface area contributed by atoms with E-state index in [1.54, 1.807) is 11.3 Å². The maximum absolute atomic E-state index is 5.84. The third-order valence-corrected chi connectivity index (χ3v) is 2.94. The van der Waals surface area contributed by atoms with Crippen LogP contribution in [0.4, 0.5) is 5.00 Å². The lowest BCUT2D eigenvalue weighted by atomic mass is 10.2. The Hall–Kier alpha value is -1.36. The first-order valence-corrected chi connectivity index (χ1v) is 4.87. The van der Waals surface area contributed by atoms with Crippen LogP contribution in [0.3, 0.4) is 0 Å². The first kappa shape index (κ1) is 8.25. The Labute approximate surface area is 79.8 Å². The summed E-state index contributed by atoms with van der Waals surface area (Å²) in [6.45, 7) is 2.11. The lowest BCUT2D eigenvalue weighted by Gasteiger charge is -1.90. The number of rotatable bonds is 2. The Morgan fingerprint density at radius 3 is 3.00 bits per heavy atom. The monoisotopic (exact) mass is 194 g/mol. The number of nitrogens with one attached hydrogen (secondary N) is 1. The van der Waals surface area contributed by atoms with Crippen molar-refractivity contribution in [2.45, 2.75) is 13.3 Å². The Balaban J connectivity index is 2.46. The van der Waals surface area contributed by atoms with Crippen LogP contribution in [0.2, 0.25) is 0 Å². The van der Waals surface area contributed by atoms with Crippen LogP contribution >= 0.6 is 11.3 Å². The maximum atomic E-state index is 5.84. The SMILES string of the molecule is CCc1cc(-c2ncn[nH]2)c(N)s1. The molecule has 0 atom stereocenters. The molecule has 0 spiro atoms. The van der Waals surface area contributed by atoms with E-state index in [1.807, 2.05) is 0 Å². The van der Waals surface area contributed by atoms with Gasteiger partial charge >= 0.3 is 0 Å². The van der Waals surface area contributed by atoms with E-state index >= 15 is 0 Å². The molecule has 4 nitrogen and oxygen atoms in total. The molecule has 0 aliphatic rings. The number of aromatic amines is 1. The van der Waals surface area contributed by atoms with Gasteiger partial charge in [-0.05, 0) is 12.5 Å². The number of hydrogen-bond donors (Lipinski definition) is 2. The molecule has 2 heterocycles. The van der Waals surface area contributed by atoms with Gasteiger partial charge in [0, 0.05) is 4.88 Å². The Morgan fingerprint density at radius 2 is 2.46 bits per heavy atom. The maximum Gasteiger partial charge on any atom is 0.158 e. The number of aromatic nitrogens is 3. The van der Waals surface area contributed by atoms with E-state index in [9.17, 15) is 0 Å². The average molecular weight is 194 g/mol. The number of hydrogen-bond acceptors (Lipinski definition) is 4. The minimum atomic E-state index is 0.744. The van der Waals surface area contributed by atoms with Crippen molar-refractivity contribution in [3.8, 4) is 11.4 Å². The minimum absolute atomic E-state index is 0.744. The van der Waals surface area contributed by atoms with E-state index in [2.05, 4.69) is 28.2 Å². The van der Waals surface area contributed by atoms with Crippen LogP contribution in [0.15, 0.2) is 12.4 Å². The van der Waals surface area contributed by atoms with Gasteiger partial charge in [0.25, 0.3) is 0 Å². The molecule has 0 saturated heterocycles. The van der Waals surface area contributed by atoms with Crippen LogP contribution in [-0.4, -0.2) is 15.2 Å². The number of aryl methyl sites for hydroxylation is 1. The summed E-state index contributed by atoms with van der Waals surface area (Å²) in [5.74, 6) is 0.744. The van der Waals surface area contributed by atoms with E-state index in [4.69, 9.17) is 5.73 Å². The quantitative estimate of drug-likeness (QED) is 0.764. The molecule has 0 aromatic carbocycles. The van der Waals surface area contributed by atoms with Crippen molar-refractivity contribution in [3.05, 3.63) is 17.3 Å². The van der Waals surface area contributed by atoms with Crippen molar-refractivity contribution < 1.29 is 0 Å². The summed E-state index contributed by atoms with van der Waals surface area (Å²) in [5, 5.41) is 7.38. The lowest BCUT2D eigenvalue weighted by molar-refractivity contribution is 1.10. The molecule has 0 bridgehead atoms. The highest BCUT2D eigenvalue weighted by atomic mass is 32.1. The summed E-state index contributed by atoms with van der Waals surface area (Å²) in [6.07, 6.45) is 2.49. The summed E-state index contributed by atoms with van der Waals surface area (Å²) < 4.78 is 0. The smallest absolute Gasteiger partial charge is 0.158 e. The highest BCUT2D eigenvalue weighted by Crippen LogP contribution is 2.31. The van der Waals surface area contributed by atoms with E-state index < -0.39 is 0 Å². The highest BCUT2D eigenvalue weighted by molar-refractivity contribution is 7.16. The van der Waals surface area contributed by atoms with Crippen LogP contribution < -0.4 is 5.73 Å². The van der Waals surface area contributed by atoms with Crippen molar-refractivity contribution in [1.29, 1.82) is 0 Å². The second-order valence-corrected chi connectivity index (χ2v) is 3.85. The molecule has 68 valence electrons. The Bertz CT molecular complexity index is 390. The summed E-state index contributed by atoms with van der Waals surface area (Å²) in [7, 11) is 0. The van der Waals surface area contributed by atoms with Crippen molar-refractivity contribution in [1.82, 2.24) is 15.2 Å². The molecule has 0 fully saturated rings. The third kappa shape index (κ3) is 1.42. The van der Waals surface area contributed by atoms with Crippen molar-refractivity contribution >= 4 is 16.3 Å². The second kappa shape index (κ2) is 3.18. The number of anilines is 1. The van der Waals surface area contributed by atoms with E-state index in [0.717, 1.165) is 22.8 Å². The number of nitrogen functional groups attached to an aromatic ring is 1. The number of H-pyrrole nitrogens is 1. The molecule has 5 heteroatoms. The zero-order valence-electron chi connectivity index (χ0n) is 7.24. The Morgan fingerprint density at radius 1 is 1.62 bits per heavy atom. The Kier molecular flexibility index (Phi) is 2.02. The number of nitrogens with zero attached hydrogens (tertiary/aromatic N) is 2. The molecule has 3 N–H and O–H groups in total. The normalized spacial score (nSPS) is 10.5. The van der Waals surface area contributed by atoms with Crippen molar-refractivity contribution in [2.75, 3.05) is 5.73 Å². The number of nitrogens with two attached hydrogens (primary N) is 1. The fourth-order valence-corrected chi connectivity index (χ4v) is 2.02. The van der Waals surface area contributed by atoms with Gasteiger partial charge in [-0.2, -0.15) is 5.10 Å². The molecule has 0 saturated carbocycles. The van der Waals surface area contributed by atoms with Crippen molar-refractivity contribution in [2.24, 2.45) is 0 Å². The lowest BCUT2D eigenvalue weighted by Crippen LogP contribution is -1.84. The summed E-state index contributed by atoms with van der Waals surface area (Å²) in [4.78, 5) is 5.32. The van der Waals surface area contributed by atoms with Crippen LogP contribution in [-0.2, 0) is 6.42 Å². The summed E-state index contributed by atoms with van der Waals surface area (Å²) in [6, 6.07) is 2.06. The van der Waals surface area contributed by atoms with E-state index in [0.29, 0.717) is 0 Å². The van der Waals surface area contributed by atoms with Crippen molar-refractivity contribution in [3.63, 3.8) is 0 Å². The summed E-state index contributed by atoms with van der Waals surface area (Å²) >= 11 is 1.60. The van der Waals surface area contributed by atoms with Crippen LogP contribution in [0.25, 0.3) is 11.4 Å². The largest absolute Gasteiger partial charge is 0.390 e. The third-order valence-electron chi connectivity index (χ3n) is 1.83. The van der Waals surface area contributed by atoms with Gasteiger partial charge in [0.2, 0.25) is 0 Å². The molecule has 0 aliphatic heterocycles. The summed E-state index contributed by atoms with van der Waals surface area (Å²) in [5.41, 5.74) is 6.80. The molecular weight excluding hydrogens is 184 g/mol. The molecular formula is C8H10N4S. The molecule has 13 heavy (non-hydrogen) atoms. The first-order valence-electron chi connectivity index (χ1n) is 4.05. The van der Waals surface area contributed by atoms with Crippen LogP contribution in [0.1, 0.15) is 11.8 Å². The minimum Gasteiger partial charge on any atom is -0.390 e. The van der Waals surface area contributed by atoms with E-state index in [-0.39, 0.29) is 0 Å². The van der Waals surface area contributed by atoms with Gasteiger partial charge in [-0.15, -0.1) is 11.3 Å². The molecule has 2 aromatic heterocycles. The molecule has 0 unspecified atom stereocenters. The van der Waals surface area contributed by atoms with Gasteiger partial charge in [-0.25, -0.2) is 4.98 Å². The van der Waals surface area contributed by atoms with E-state index in [1.165, 1.54) is 11.2 Å². The van der Waals surface area contributed by atoms with Crippen LogP contribution in [0.5, 0.6) is 0 Å².